The normalized spacial score (nSPS) is 11.8. The standard InChI is InChI=1S/C15H11F3N2O2/c16-15(17,18)9-1-3-10(4-2-9)21-11-5-6-13-12(7-11)20-14(8-19)22-13/h1-7H,8,19H2. The SMILES string of the molecule is NCc1nc2cc(Oc3ccc(C(F)(F)F)cc3)ccc2o1. The number of nitrogens with zero attached hydrogens (tertiary/aromatic N) is 1. The molecule has 0 saturated carbocycles. The highest BCUT2D eigenvalue weighted by molar-refractivity contribution is 5.74. The highest BCUT2D eigenvalue weighted by atomic mass is 19.4. The molecule has 2 N–H and O–H groups in total. The molecule has 0 aliphatic carbocycles. The van der Waals surface area contributed by atoms with Gasteiger partial charge in [-0.2, -0.15) is 13.2 Å². The zero-order valence-corrected chi connectivity index (χ0v) is 11.2. The Kier molecular flexibility index (Phi) is 3.50. The van der Waals surface area contributed by atoms with Gasteiger partial charge >= 0.3 is 6.18 Å². The predicted molar refractivity (Wildman–Crippen MR) is 73.4 cm³/mol. The van der Waals surface area contributed by atoms with Crippen molar-refractivity contribution in [3.05, 3.63) is 53.9 Å². The maximum atomic E-state index is 12.5. The monoisotopic (exact) mass is 308 g/mol. The molecule has 0 aliphatic heterocycles. The molecule has 22 heavy (non-hydrogen) atoms. The van der Waals surface area contributed by atoms with Gasteiger partial charge in [0.2, 0.25) is 5.89 Å². The smallest absolute Gasteiger partial charge is 0.416 e. The first kappa shape index (κ1) is 14.4. The fraction of sp³-hybridized carbons (Fsp3) is 0.133. The van der Waals surface area contributed by atoms with Crippen molar-refractivity contribution < 1.29 is 22.3 Å². The maximum absolute atomic E-state index is 12.5. The minimum atomic E-state index is -4.36. The van der Waals surface area contributed by atoms with E-state index in [1.807, 2.05) is 0 Å². The lowest BCUT2D eigenvalue weighted by Gasteiger charge is -2.08. The number of oxazole rings is 1. The molecule has 0 unspecified atom stereocenters. The number of hydrogen-bond donors (Lipinski definition) is 1. The third-order valence-electron chi connectivity index (χ3n) is 3.00. The number of halogens is 3. The summed E-state index contributed by atoms with van der Waals surface area (Å²) in [6.07, 6.45) is -4.36. The minimum absolute atomic E-state index is 0.184. The predicted octanol–water partition coefficient (Wildman–Crippen LogP) is 4.10. The molecule has 7 heteroatoms. The second kappa shape index (κ2) is 5.34. The first-order valence-corrected chi connectivity index (χ1v) is 6.40. The Morgan fingerprint density at radius 2 is 1.73 bits per heavy atom. The van der Waals surface area contributed by atoms with Crippen LogP contribution in [0.1, 0.15) is 11.5 Å². The first-order valence-electron chi connectivity index (χ1n) is 6.40. The molecule has 1 aromatic heterocycles. The first-order chi connectivity index (χ1) is 10.5. The van der Waals surface area contributed by atoms with Crippen LogP contribution in [0.2, 0.25) is 0 Å². The van der Waals surface area contributed by atoms with Crippen molar-refractivity contribution in [3.63, 3.8) is 0 Å². The van der Waals surface area contributed by atoms with Gasteiger partial charge in [0.1, 0.15) is 17.0 Å². The Morgan fingerprint density at radius 3 is 2.36 bits per heavy atom. The summed E-state index contributed by atoms with van der Waals surface area (Å²) >= 11 is 0. The van der Waals surface area contributed by atoms with Crippen LogP contribution in [-0.2, 0) is 12.7 Å². The number of rotatable bonds is 3. The fourth-order valence-electron chi connectivity index (χ4n) is 1.95. The van der Waals surface area contributed by atoms with Crippen molar-refractivity contribution in [3.8, 4) is 11.5 Å². The zero-order chi connectivity index (χ0) is 15.7. The van der Waals surface area contributed by atoms with Gasteiger partial charge in [0.15, 0.2) is 5.58 Å². The van der Waals surface area contributed by atoms with Crippen molar-refractivity contribution in [2.75, 3.05) is 0 Å². The van der Waals surface area contributed by atoms with E-state index >= 15 is 0 Å². The summed E-state index contributed by atoms with van der Waals surface area (Å²) in [5.41, 5.74) is 5.87. The molecule has 0 spiro atoms. The van der Waals surface area contributed by atoms with Crippen LogP contribution in [0.3, 0.4) is 0 Å². The number of nitrogens with two attached hydrogens (primary N) is 1. The van der Waals surface area contributed by atoms with Gasteiger partial charge in [-0.1, -0.05) is 0 Å². The van der Waals surface area contributed by atoms with E-state index in [9.17, 15) is 13.2 Å². The second-order valence-corrected chi connectivity index (χ2v) is 4.57. The number of benzene rings is 2. The van der Waals surface area contributed by atoms with Crippen molar-refractivity contribution in [1.29, 1.82) is 0 Å². The second-order valence-electron chi connectivity index (χ2n) is 4.57. The molecule has 0 aliphatic rings. The summed E-state index contributed by atoms with van der Waals surface area (Å²) in [6, 6.07) is 9.41. The zero-order valence-electron chi connectivity index (χ0n) is 11.2. The van der Waals surface area contributed by atoms with Gasteiger partial charge in [-0.05, 0) is 36.4 Å². The Hall–Kier alpha value is -2.54. The quantitative estimate of drug-likeness (QED) is 0.791. The molecule has 0 amide bonds. The Labute approximate surface area is 123 Å². The summed E-state index contributed by atoms with van der Waals surface area (Å²) in [6.45, 7) is 0.184. The fourth-order valence-corrected chi connectivity index (χ4v) is 1.95. The van der Waals surface area contributed by atoms with Crippen molar-refractivity contribution in [1.82, 2.24) is 4.98 Å². The molecule has 0 saturated heterocycles. The summed E-state index contributed by atoms with van der Waals surface area (Å²) in [5, 5.41) is 0. The van der Waals surface area contributed by atoms with E-state index in [0.29, 0.717) is 28.5 Å². The highest BCUT2D eigenvalue weighted by Gasteiger charge is 2.30. The number of alkyl halides is 3. The van der Waals surface area contributed by atoms with E-state index in [2.05, 4.69) is 4.98 Å². The summed E-state index contributed by atoms with van der Waals surface area (Å²) in [4.78, 5) is 4.16. The van der Waals surface area contributed by atoms with Crippen molar-refractivity contribution >= 4 is 11.1 Å². The molecule has 114 valence electrons. The average molecular weight is 308 g/mol. The molecule has 0 fully saturated rings. The molecule has 3 aromatic rings. The Balaban J connectivity index is 1.83. The van der Waals surface area contributed by atoms with Gasteiger partial charge in [-0.25, -0.2) is 4.98 Å². The highest BCUT2D eigenvalue weighted by Crippen LogP contribution is 2.32. The van der Waals surface area contributed by atoms with Gasteiger partial charge < -0.3 is 14.9 Å². The molecular formula is C15H11F3N2O2. The summed E-state index contributed by atoms with van der Waals surface area (Å²) in [7, 11) is 0. The number of ether oxygens (including phenoxy) is 1. The van der Waals surface area contributed by atoms with Gasteiger partial charge in [0, 0.05) is 6.07 Å². The molecule has 0 radical (unpaired) electrons. The molecule has 3 rings (SSSR count). The van der Waals surface area contributed by atoms with Gasteiger partial charge in [0.25, 0.3) is 0 Å². The van der Waals surface area contributed by atoms with E-state index in [-0.39, 0.29) is 6.54 Å². The molecule has 0 atom stereocenters. The lowest BCUT2D eigenvalue weighted by Crippen LogP contribution is -2.03. The van der Waals surface area contributed by atoms with Gasteiger partial charge in [-0.3, -0.25) is 0 Å². The average Bonchev–Trinajstić information content (AvgIpc) is 2.89. The van der Waals surface area contributed by atoms with E-state index in [0.717, 1.165) is 12.1 Å². The van der Waals surface area contributed by atoms with Crippen LogP contribution in [0.25, 0.3) is 11.1 Å². The van der Waals surface area contributed by atoms with Crippen LogP contribution in [0.15, 0.2) is 46.9 Å². The number of aromatic nitrogens is 1. The largest absolute Gasteiger partial charge is 0.457 e. The van der Waals surface area contributed by atoms with Crippen LogP contribution >= 0.6 is 0 Å². The molecule has 4 nitrogen and oxygen atoms in total. The van der Waals surface area contributed by atoms with E-state index in [1.165, 1.54) is 12.1 Å². The van der Waals surface area contributed by atoms with Crippen LogP contribution in [0.5, 0.6) is 11.5 Å². The molecule has 2 aromatic carbocycles. The van der Waals surface area contributed by atoms with E-state index in [4.69, 9.17) is 14.9 Å². The van der Waals surface area contributed by atoms with Crippen LogP contribution in [0.4, 0.5) is 13.2 Å². The van der Waals surface area contributed by atoms with Crippen LogP contribution in [0, 0.1) is 0 Å². The summed E-state index contributed by atoms with van der Waals surface area (Å²) < 4.78 is 48.3. The Morgan fingerprint density at radius 1 is 1.05 bits per heavy atom. The minimum Gasteiger partial charge on any atom is -0.457 e. The topological polar surface area (TPSA) is 61.3 Å². The van der Waals surface area contributed by atoms with Crippen LogP contribution < -0.4 is 10.5 Å². The third-order valence-corrected chi connectivity index (χ3v) is 3.00. The van der Waals surface area contributed by atoms with Crippen LogP contribution in [-0.4, -0.2) is 4.98 Å². The Bertz CT molecular complexity index is 795. The van der Waals surface area contributed by atoms with E-state index < -0.39 is 11.7 Å². The molecular weight excluding hydrogens is 297 g/mol. The van der Waals surface area contributed by atoms with Crippen molar-refractivity contribution in [2.45, 2.75) is 12.7 Å². The van der Waals surface area contributed by atoms with E-state index in [1.54, 1.807) is 18.2 Å². The van der Waals surface area contributed by atoms with Gasteiger partial charge in [0.05, 0.1) is 12.1 Å². The number of hydrogen-bond acceptors (Lipinski definition) is 4. The van der Waals surface area contributed by atoms with Crippen molar-refractivity contribution in [2.24, 2.45) is 5.73 Å². The molecule has 1 heterocycles. The number of fused-ring (bicyclic) bond motifs is 1. The van der Waals surface area contributed by atoms with Gasteiger partial charge in [-0.15, -0.1) is 0 Å². The summed E-state index contributed by atoms with van der Waals surface area (Å²) in [5.74, 6) is 1.15. The lowest BCUT2D eigenvalue weighted by molar-refractivity contribution is -0.137. The maximum Gasteiger partial charge on any atom is 0.416 e. The lowest BCUT2D eigenvalue weighted by atomic mass is 10.2. The third kappa shape index (κ3) is 2.89. The molecule has 0 bridgehead atoms.